The van der Waals surface area contributed by atoms with Gasteiger partial charge in [-0.15, -0.1) is 0 Å². The summed E-state index contributed by atoms with van der Waals surface area (Å²) in [7, 11) is 2.96. The fourth-order valence-corrected chi connectivity index (χ4v) is 4.73. The van der Waals surface area contributed by atoms with Crippen LogP contribution in [0.15, 0.2) is 76.0 Å². The molecule has 0 radical (unpaired) electrons. The number of amidine groups is 1. The van der Waals surface area contributed by atoms with Crippen molar-refractivity contribution in [2.75, 3.05) is 14.2 Å². The number of carbonyl (C=O) groups is 2. The standard InChI is InChI=1S/C24H24N4O4S/c1-15-21(23(30)32-3)22(16-7-9-19(31-2)10-8-16)28-18(14-33-24(28)27-15)12-20(29)26-13-17-6-4-5-11-25-17/h4-11,14,22H,12-13H2,1-3H3,(H,26,29)/t22-/m1/s1. The molecule has 0 spiro atoms. The van der Waals surface area contributed by atoms with Crippen LogP contribution in [0, 0.1) is 0 Å². The summed E-state index contributed by atoms with van der Waals surface area (Å²) in [6, 6.07) is 12.6. The highest BCUT2D eigenvalue weighted by Gasteiger charge is 2.40. The molecule has 1 aromatic carbocycles. The summed E-state index contributed by atoms with van der Waals surface area (Å²) >= 11 is 1.43. The van der Waals surface area contributed by atoms with E-state index in [0.29, 0.717) is 28.7 Å². The van der Waals surface area contributed by atoms with Gasteiger partial charge < -0.3 is 19.7 Å². The summed E-state index contributed by atoms with van der Waals surface area (Å²) in [5.74, 6) is 0.115. The van der Waals surface area contributed by atoms with Crippen LogP contribution in [0.25, 0.3) is 0 Å². The van der Waals surface area contributed by atoms with Gasteiger partial charge in [0, 0.05) is 11.9 Å². The maximum absolute atomic E-state index is 12.7. The Labute approximate surface area is 196 Å². The van der Waals surface area contributed by atoms with Crippen LogP contribution in [0.3, 0.4) is 0 Å². The Hall–Kier alpha value is -3.59. The van der Waals surface area contributed by atoms with Crippen LogP contribution in [0.5, 0.6) is 5.75 Å². The zero-order valence-electron chi connectivity index (χ0n) is 18.6. The number of amides is 1. The van der Waals surface area contributed by atoms with Gasteiger partial charge in [0.05, 0.1) is 50.2 Å². The normalized spacial score (nSPS) is 17.2. The quantitative estimate of drug-likeness (QED) is 0.627. The molecule has 0 saturated carbocycles. The maximum atomic E-state index is 12.7. The number of benzene rings is 1. The molecule has 8 nitrogen and oxygen atoms in total. The van der Waals surface area contributed by atoms with Gasteiger partial charge in [-0.05, 0) is 42.2 Å². The van der Waals surface area contributed by atoms with Gasteiger partial charge in [-0.2, -0.15) is 0 Å². The number of hydrogen-bond donors (Lipinski definition) is 1. The van der Waals surface area contributed by atoms with E-state index in [4.69, 9.17) is 9.47 Å². The molecule has 1 amide bonds. The third-order valence-electron chi connectivity index (χ3n) is 5.37. The fraction of sp³-hybridized carbons (Fsp3) is 0.250. The molecule has 9 heteroatoms. The van der Waals surface area contributed by atoms with E-state index in [1.807, 2.05) is 52.8 Å². The Bertz CT molecular complexity index is 1140. The van der Waals surface area contributed by atoms with Crippen molar-refractivity contribution >= 4 is 28.8 Å². The third-order valence-corrected chi connectivity index (χ3v) is 6.26. The molecule has 170 valence electrons. The van der Waals surface area contributed by atoms with Gasteiger partial charge >= 0.3 is 5.97 Å². The van der Waals surface area contributed by atoms with Crippen molar-refractivity contribution in [1.82, 2.24) is 15.2 Å². The highest BCUT2D eigenvalue weighted by molar-refractivity contribution is 8.16. The summed E-state index contributed by atoms with van der Waals surface area (Å²) < 4.78 is 10.4. The van der Waals surface area contributed by atoms with Crippen LogP contribution in [-0.4, -0.2) is 41.1 Å². The molecule has 2 aromatic rings. The van der Waals surface area contributed by atoms with Gasteiger partial charge in [-0.1, -0.05) is 30.0 Å². The number of thioether (sulfide) groups is 1. The number of esters is 1. The number of rotatable bonds is 7. The lowest BCUT2D eigenvalue weighted by Gasteiger charge is -2.36. The van der Waals surface area contributed by atoms with Gasteiger partial charge in [0.15, 0.2) is 5.17 Å². The number of carbonyl (C=O) groups excluding carboxylic acids is 2. The second kappa shape index (κ2) is 9.91. The van der Waals surface area contributed by atoms with Gasteiger partial charge in [0.2, 0.25) is 5.91 Å². The number of nitrogens with one attached hydrogen (secondary N) is 1. The minimum absolute atomic E-state index is 0.138. The van der Waals surface area contributed by atoms with E-state index < -0.39 is 12.0 Å². The van der Waals surface area contributed by atoms with E-state index in [2.05, 4.69) is 15.3 Å². The van der Waals surface area contributed by atoms with Crippen LogP contribution in [0.2, 0.25) is 0 Å². The summed E-state index contributed by atoms with van der Waals surface area (Å²) in [5.41, 5.74) is 3.44. The smallest absolute Gasteiger partial charge is 0.338 e. The van der Waals surface area contributed by atoms with E-state index in [9.17, 15) is 9.59 Å². The zero-order chi connectivity index (χ0) is 23.4. The van der Waals surface area contributed by atoms with Crippen molar-refractivity contribution in [3.05, 3.63) is 82.3 Å². The molecule has 2 aliphatic rings. The summed E-state index contributed by atoms with van der Waals surface area (Å²) in [5, 5.41) is 5.53. The molecule has 0 bridgehead atoms. The van der Waals surface area contributed by atoms with E-state index >= 15 is 0 Å². The lowest BCUT2D eigenvalue weighted by atomic mass is 9.94. The Morgan fingerprint density at radius 3 is 2.61 bits per heavy atom. The highest BCUT2D eigenvalue weighted by atomic mass is 32.2. The second-order valence-corrected chi connectivity index (χ2v) is 8.27. The van der Waals surface area contributed by atoms with E-state index in [-0.39, 0.29) is 12.3 Å². The summed E-state index contributed by atoms with van der Waals surface area (Å²) in [6.45, 7) is 2.14. The number of ether oxygens (including phenoxy) is 2. The number of aliphatic imine (C=N–C) groups is 1. The maximum Gasteiger partial charge on any atom is 0.338 e. The lowest BCUT2D eigenvalue weighted by Crippen LogP contribution is -2.37. The first-order valence-corrected chi connectivity index (χ1v) is 11.2. The molecule has 0 aliphatic carbocycles. The number of methoxy groups -OCH3 is 2. The molecular weight excluding hydrogens is 440 g/mol. The number of allylic oxidation sites excluding steroid dienone is 1. The molecule has 33 heavy (non-hydrogen) atoms. The third kappa shape index (κ3) is 4.78. The van der Waals surface area contributed by atoms with Gasteiger partial charge in [-0.25, -0.2) is 9.79 Å². The lowest BCUT2D eigenvalue weighted by molar-refractivity contribution is -0.136. The predicted octanol–water partition coefficient (Wildman–Crippen LogP) is 3.54. The molecule has 1 atom stereocenters. The van der Waals surface area contributed by atoms with Crippen molar-refractivity contribution in [2.45, 2.75) is 25.9 Å². The monoisotopic (exact) mass is 464 g/mol. The van der Waals surface area contributed by atoms with E-state index in [0.717, 1.165) is 17.0 Å². The minimum atomic E-state index is -0.472. The Kier molecular flexibility index (Phi) is 6.79. The number of pyridine rings is 1. The van der Waals surface area contributed by atoms with E-state index in [1.165, 1.54) is 18.9 Å². The molecule has 1 aromatic heterocycles. The summed E-state index contributed by atoms with van der Waals surface area (Å²) in [4.78, 5) is 36.3. The SMILES string of the molecule is COC(=O)C1=C(C)N=C2SC=C(CC(=O)NCc3ccccn3)N2[C@@H]1c1ccc(OC)cc1. The number of nitrogens with zero attached hydrogens (tertiary/aromatic N) is 3. The van der Waals surface area contributed by atoms with Crippen LogP contribution in [-0.2, 0) is 20.9 Å². The average Bonchev–Trinajstić information content (AvgIpc) is 3.23. The van der Waals surface area contributed by atoms with Crippen molar-refractivity contribution < 1.29 is 19.1 Å². The molecule has 0 fully saturated rings. The number of hydrogen-bond acceptors (Lipinski definition) is 8. The van der Waals surface area contributed by atoms with Gasteiger partial charge in [0.1, 0.15) is 5.75 Å². The van der Waals surface area contributed by atoms with Crippen LogP contribution >= 0.6 is 11.8 Å². The number of aromatic nitrogens is 1. The van der Waals surface area contributed by atoms with Crippen molar-refractivity contribution in [1.29, 1.82) is 0 Å². The van der Waals surface area contributed by atoms with E-state index in [1.54, 1.807) is 20.2 Å². The van der Waals surface area contributed by atoms with Crippen LogP contribution in [0.1, 0.15) is 30.6 Å². The molecule has 0 saturated heterocycles. The molecule has 1 N–H and O–H groups in total. The van der Waals surface area contributed by atoms with Gasteiger partial charge in [-0.3, -0.25) is 9.78 Å². The van der Waals surface area contributed by atoms with Gasteiger partial charge in [0.25, 0.3) is 0 Å². The Balaban J connectivity index is 1.60. The molecule has 0 unspecified atom stereocenters. The first kappa shape index (κ1) is 22.6. The fourth-order valence-electron chi connectivity index (χ4n) is 3.76. The van der Waals surface area contributed by atoms with Crippen LogP contribution < -0.4 is 10.1 Å². The topological polar surface area (TPSA) is 93.1 Å². The predicted molar refractivity (Wildman–Crippen MR) is 126 cm³/mol. The molecule has 3 heterocycles. The summed E-state index contributed by atoms with van der Waals surface area (Å²) in [6.07, 6.45) is 1.83. The first-order valence-electron chi connectivity index (χ1n) is 10.3. The largest absolute Gasteiger partial charge is 0.497 e. The Morgan fingerprint density at radius 2 is 1.94 bits per heavy atom. The molecular formula is C24H24N4O4S. The average molecular weight is 465 g/mol. The highest BCUT2D eigenvalue weighted by Crippen LogP contribution is 2.44. The minimum Gasteiger partial charge on any atom is -0.497 e. The van der Waals surface area contributed by atoms with Crippen molar-refractivity contribution in [3.8, 4) is 5.75 Å². The Morgan fingerprint density at radius 1 is 1.15 bits per heavy atom. The molecule has 4 rings (SSSR count). The zero-order valence-corrected chi connectivity index (χ0v) is 19.4. The number of fused-ring (bicyclic) bond motifs is 1. The molecule has 2 aliphatic heterocycles. The van der Waals surface area contributed by atoms with Crippen molar-refractivity contribution in [3.63, 3.8) is 0 Å². The first-order chi connectivity index (χ1) is 16.0. The second-order valence-electron chi connectivity index (χ2n) is 7.43. The van der Waals surface area contributed by atoms with Crippen LogP contribution in [0.4, 0.5) is 0 Å². The van der Waals surface area contributed by atoms with Crippen molar-refractivity contribution in [2.24, 2.45) is 4.99 Å².